The first-order valence-electron chi connectivity index (χ1n) is 8.86. The first kappa shape index (κ1) is 18.2. The van der Waals surface area contributed by atoms with Crippen LogP contribution in [0.4, 0.5) is 0 Å². The number of nitrogens with one attached hydrogen (secondary N) is 1. The van der Waals surface area contributed by atoms with Gasteiger partial charge in [0, 0.05) is 12.6 Å². The van der Waals surface area contributed by atoms with E-state index in [-0.39, 0.29) is 0 Å². The lowest BCUT2D eigenvalue weighted by atomic mass is 9.84. The fourth-order valence-electron chi connectivity index (χ4n) is 3.02. The van der Waals surface area contributed by atoms with E-state index in [9.17, 15) is 0 Å². The molecule has 1 aromatic carbocycles. The Morgan fingerprint density at radius 1 is 1.14 bits per heavy atom. The van der Waals surface area contributed by atoms with Crippen LogP contribution < -0.4 is 5.32 Å². The van der Waals surface area contributed by atoms with Gasteiger partial charge in [0.15, 0.2) is 0 Å². The van der Waals surface area contributed by atoms with Crippen molar-refractivity contribution in [2.75, 3.05) is 6.54 Å². The van der Waals surface area contributed by atoms with E-state index < -0.39 is 0 Å². The fourth-order valence-corrected chi connectivity index (χ4v) is 3.02. The summed E-state index contributed by atoms with van der Waals surface area (Å²) >= 11 is 0. The van der Waals surface area contributed by atoms with Gasteiger partial charge in [0.05, 0.1) is 0 Å². The fraction of sp³-hybridized carbons (Fsp3) is 0.700. The van der Waals surface area contributed by atoms with Crippen LogP contribution in [0.5, 0.6) is 0 Å². The minimum absolute atomic E-state index is 0.563. The molecule has 0 amide bonds. The highest BCUT2D eigenvalue weighted by Gasteiger charge is 2.17. The van der Waals surface area contributed by atoms with E-state index in [4.69, 9.17) is 0 Å². The third kappa shape index (κ3) is 7.13. The molecule has 0 spiro atoms. The van der Waals surface area contributed by atoms with Crippen LogP contribution in [0.15, 0.2) is 24.3 Å². The largest absolute Gasteiger partial charge is 0.314 e. The van der Waals surface area contributed by atoms with E-state index in [2.05, 4.69) is 64.2 Å². The summed E-state index contributed by atoms with van der Waals surface area (Å²) in [5.74, 6) is 1.51. The van der Waals surface area contributed by atoms with Crippen molar-refractivity contribution in [3.63, 3.8) is 0 Å². The maximum absolute atomic E-state index is 3.65. The molecule has 0 heterocycles. The molecule has 0 radical (unpaired) electrons. The van der Waals surface area contributed by atoms with Gasteiger partial charge in [-0.25, -0.2) is 0 Å². The molecule has 120 valence electrons. The lowest BCUT2D eigenvalue weighted by Gasteiger charge is -2.25. The molecule has 0 saturated heterocycles. The van der Waals surface area contributed by atoms with Crippen LogP contribution in [0.1, 0.15) is 76.8 Å². The highest BCUT2D eigenvalue weighted by molar-refractivity contribution is 5.26. The average Bonchev–Trinajstić information content (AvgIpc) is 2.46. The molecule has 1 N–H and O–H groups in total. The Balaban J connectivity index is 2.75. The molecule has 21 heavy (non-hydrogen) atoms. The predicted octanol–water partition coefficient (Wildman–Crippen LogP) is 5.68. The maximum Gasteiger partial charge on any atom is 0.00226 e. The van der Waals surface area contributed by atoms with Gasteiger partial charge in [0.2, 0.25) is 0 Å². The Bertz CT molecular complexity index is 383. The molecular formula is C20H35N. The third-order valence-electron chi connectivity index (χ3n) is 4.45. The zero-order valence-electron chi connectivity index (χ0n) is 14.8. The van der Waals surface area contributed by atoms with Gasteiger partial charge in [0.25, 0.3) is 0 Å². The second-order valence-electron chi connectivity index (χ2n) is 6.83. The molecule has 0 aliphatic carbocycles. The van der Waals surface area contributed by atoms with Gasteiger partial charge >= 0.3 is 0 Å². The summed E-state index contributed by atoms with van der Waals surface area (Å²) in [6, 6.07) is 9.66. The van der Waals surface area contributed by atoms with Gasteiger partial charge in [-0.2, -0.15) is 0 Å². The average molecular weight is 290 g/mol. The van der Waals surface area contributed by atoms with Crippen LogP contribution >= 0.6 is 0 Å². The molecule has 0 bridgehead atoms. The molecule has 1 nitrogen and oxygen atoms in total. The zero-order valence-corrected chi connectivity index (χ0v) is 14.8. The highest BCUT2D eigenvalue weighted by atomic mass is 14.9. The van der Waals surface area contributed by atoms with Crippen molar-refractivity contribution >= 4 is 0 Å². The second kappa shape index (κ2) is 10.00. The van der Waals surface area contributed by atoms with Crippen molar-refractivity contribution in [2.45, 2.75) is 78.7 Å². The number of benzene rings is 1. The van der Waals surface area contributed by atoms with Crippen LogP contribution in [-0.2, 0) is 0 Å². The van der Waals surface area contributed by atoms with Crippen molar-refractivity contribution in [1.29, 1.82) is 0 Å². The summed E-state index contributed by atoms with van der Waals surface area (Å²) in [5.41, 5.74) is 2.89. The summed E-state index contributed by atoms with van der Waals surface area (Å²) in [5, 5.41) is 3.65. The molecule has 2 atom stereocenters. The first-order valence-corrected chi connectivity index (χ1v) is 8.86. The van der Waals surface area contributed by atoms with Crippen molar-refractivity contribution < 1.29 is 0 Å². The summed E-state index contributed by atoms with van der Waals surface area (Å²) in [4.78, 5) is 0. The quantitative estimate of drug-likeness (QED) is 0.584. The van der Waals surface area contributed by atoms with E-state index in [1.54, 1.807) is 0 Å². The van der Waals surface area contributed by atoms with Crippen LogP contribution in [-0.4, -0.2) is 12.6 Å². The van der Waals surface area contributed by atoms with Gasteiger partial charge in [0.1, 0.15) is 0 Å². The SMILES string of the molecule is CCCCC(CC)CC(CNC(C)C)c1cccc(C)c1. The molecule has 0 aliphatic rings. The second-order valence-corrected chi connectivity index (χ2v) is 6.83. The lowest BCUT2D eigenvalue weighted by Crippen LogP contribution is -2.29. The molecule has 0 saturated carbocycles. The van der Waals surface area contributed by atoms with E-state index in [0.717, 1.165) is 12.5 Å². The molecule has 0 aliphatic heterocycles. The Morgan fingerprint density at radius 3 is 2.48 bits per heavy atom. The monoisotopic (exact) mass is 289 g/mol. The maximum atomic E-state index is 3.65. The highest BCUT2D eigenvalue weighted by Crippen LogP contribution is 2.28. The Hall–Kier alpha value is -0.820. The normalized spacial score (nSPS) is 14.4. The van der Waals surface area contributed by atoms with Crippen molar-refractivity contribution in [3.8, 4) is 0 Å². The van der Waals surface area contributed by atoms with Gasteiger partial charge in [-0.15, -0.1) is 0 Å². The molecule has 1 aromatic rings. The lowest BCUT2D eigenvalue weighted by molar-refractivity contribution is 0.371. The smallest absolute Gasteiger partial charge is 0.00226 e. The van der Waals surface area contributed by atoms with Gasteiger partial charge < -0.3 is 5.32 Å². The minimum Gasteiger partial charge on any atom is -0.314 e. The Kier molecular flexibility index (Phi) is 8.68. The summed E-state index contributed by atoms with van der Waals surface area (Å²) in [6.07, 6.45) is 6.70. The number of hydrogen-bond acceptors (Lipinski definition) is 1. The third-order valence-corrected chi connectivity index (χ3v) is 4.45. The summed E-state index contributed by atoms with van der Waals surface area (Å²) in [7, 11) is 0. The van der Waals surface area contributed by atoms with Crippen molar-refractivity contribution in [3.05, 3.63) is 35.4 Å². The zero-order chi connectivity index (χ0) is 15.7. The van der Waals surface area contributed by atoms with E-state index >= 15 is 0 Å². The van der Waals surface area contributed by atoms with Crippen LogP contribution in [0, 0.1) is 12.8 Å². The van der Waals surface area contributed by atoms with Gasteiger partial charge in [-0.1, -0.05) is 83.2 Å². The molecule has 0 aromatic heterocycles. The van der Waals surface area contributed by atoms with Crippen LogP contribution in [0.2, 0.25) is 0 Å². The van der Waals surface area contributed by atoms with E-state index in [1.807, 2.05) is 0 Å². The molecule has 2 unspecified atom stereocenters. The number of unbranched alkanes of at least 4 members (excludes halogenated alkanes) is 1. The molecule has 1 heteroatoms. The number of rotatable bonds is 10. The summed E-state index contributed by atoms with van der Waals surface area (Å²) < 4.78 is 0. The Morgan fingerprint density at radius 2 is 1.90 bits per heavy atom. The summed E-state index contributed by atoms with van der Waals surface area (Å²) in [6.45, 7) is 12.4. The first-order chi connectivity index (χ1) is 10.1. The van der Waals surface area contributed by atoms with Crippen molar-refractivity contribution in [1.82, 2.24) is 5.32 Å². The minimum atomic E-state index is 0.563. The van der Waals surface area contributed by atoms with Gasteiger partial charge in [-0.05, 0) is 30.7 Å². The number of aryl methyl sites for hydroxylation is 1. The number of hydrogen-bond donors (Lipinski definition) is 1. The molecule has 1 rings (SSSR count). The van der Waals surface area contributed by atoms with E-state index in [1.165, 1.54) is 43.2 Å². The van der Waals surface area contributed by atoms with E-state index in [0.29, 0.717) is 12.0 Å². The van der Waals surface area contributed by atoms with Crippen LogP contribution in [0.3, 0.4) is 0 Å². The topological polar surface area (TPSA) is 12.0 Å². The molecule has 0 fully saturated rings. The van der Waals surface area contributed by atoms with Crippen LogP contribution in [0.25, 0.3) is 0 Å². The standard InChI is InChI=1S/C20H35N/c1-6-8-11-18(7-2)14-20(15-21-16(3)4)19-12-9-10-17(5)13-19/h9-10,12-13,16,18,20-21H,6-8,11,14-15H2,1-5H3. The molecular weight excluding hydrogens is 254 g/mol. The van der Waals surface area contributed by atoms with Gasteiger partial charge in [-0.3, -0.25) is 0 Å². The van der Waals surface area contributed by atoms with Crippen molar-refractivity contribution in [2.24, 2.45) is 5.92 Å². The predicted molar refractivity (Wildman–Crippen MR) is 95.0 cm³/mol. The Labute approximate surface area is 132 Å².